The van der Waals surface area contributed by atoms with Crippen molar-refractivity contribution in [2.45, 2.75) is 46.0 Å². The normalized spacial score (nSPS) is 10.3. The molecule has 0 spiro atoms. The molecule has 5 nitrogen and oxygen atoms in total. The molecule has 0 aromatic carbocycles. The highest BCUT2D eigenvalue weighted by Gasteiger charge is 2.08. The molecule has 0 saturated carbocycles. The van der Waals surface area contributed by atoms with E-state index in [9.17, 15) is 4.79 Å². The van der Waals surface area contributed by atoms with Crippen molar-refractivity contribution in [2.75, 3.05) is 25.0 Å². The van der Waals surface area contributed by atoms with Crippen molar-refractivity contribution in [1.82, 2.24) is 15.3 Å². The van der Waals surface area contributed by atoms with Gasteiger partial charge in [0.05, 0.1) is 12.4 Å². The number of unbranched alkanes of at least 4 members (excludes halogenated alkanes) is 3. The lowest BCUT2D eigenvalue weighted by Gasteiger charge is -2.17. The Morgan fingerprint density at radius 2 is 1.90 bits per heavy atom. The van der Waals surface area contributed by atoms with Crippen LogP contribution in [-0.4, -0.2) is 36.0 Å². The van der Waals surface area contributed by atoms with Crippen molar-refractivity contribution in [1.29, 1.82) is 0 Å². The van der Waals surface area contributed by atoms with E-state index < -0.39 is 0 Å². The molecule has 0 unspecified atom stereocenters. The molecule has 1 amide bonds. The number of hydrogen-bond donors (Lipinski definition) is 1. The van der Waals surface area contributed by atoms with Crippen LogP contribution in [0.15, 0.2) is 12.4 Å². The Kier molecular flexibility index (Phi) is 7.62. The second-order valence-corrected chi connectivity index (χ2v) is 5.00. The van der Waals surface area contributed by atoms with E-state index in [1.807, 2.05) is 7.05 Å². The molecule has 0 bridgehead atoms. The van der Waals surface area contributed by atoms with Crippen LogP contribution < -0.4 is 10.2 Å². The zero-order valence-electron chi connectivity index (χ0n) is 12.9. The summed E-state index contributed by atoms with van der Waals surface area (Å²) in [6.45, 7) is 5.95. The standard InChI is InChI=1S/C15H26N4O/c1-4-6-8-9-16-15(20)13-11-18-14(12-17-13)19(3)10-7-5-2/h11-12H,4-10H2,1-3H3,(H,16,20). The van der Waals surface area contributed by atoms with E-state index in [0.717, 1.165) is 44.5 Å². The maximum atomic E-state index is 11.8. The summed E-state index contributed by atoms with van der Waals surface area (Å²) in [7, 11) is 1.99. The van der Waals surface area contributed by atoms with Gasteiger partial charge in [0, 0.05) is 20.1 Å². The monoisotopic (exact) mass is 278 g/mol. The summed E-state index contributed by atoms with van der Waals surface area (Å²) in [6.07, 6.45) is 8.77. The number of carbonyl (C=O) groups is 1. The molecule has 1 heterocycles. The highest BCUT2D eigenvalue weighted by Crippen LogP contribution is 2.07. The topological polar surface area (TPSA) is 58.1 Å². The van der Waals surface area contributed by atoms with Gasteiger partial charge in [-0.25, -0.2) is 9.97 Å². The smallest absolute Gasteiger partial charge is 0.271 e. The molecule has 20 heavy (non-hydrogen) atoms. The first-order valence-electron chi connectivity index (χ1n) is 7.50. The van der Waals surface area contributed by atoms with Gasteiger partial charge in [-0.2, -0.15) is 0 Å². The fraction of sp³-hybridized carbons (Fsp3) is 0.667. The van der Waals surface area contributed by atoms with E-state index in [1.54, 1.807) is 12.4 Å². The largest absolute Gasteiger partial charge is 0.358 e. The summed E-state index contributed by atoms with van der Waals surface area (Å²) < 4.78 is 0. The maximum absolute atomic E-state index is 11.8. The van der Waals surface area contributed by atoms with Crippen molar-refractivity contribution < 1.29 is 4.79 Å². The Bertz CT molecular complexity index is 391. The highest BCUT2D eigenvalue weighted by molar-refractivity contribution is 5.91. The fourth-order valence-corrected chi connectivity index (χ4v) is 1.81. The molecule has 0 aliphatic rings. The lowest BCUT2D eigenvalue weighted by molar-refractivity contribution is 0.0947. The molecule has 0 aliphatic carbocycles. The molecule has 0 radical (unpaired) electrons. The van der Waals surface area contributed by atoms with Crippen LogP contribution in [0.2, 0.25) is 0 Å². The van der Waals surface area contributed by atoms with E-state index in [-0.39, 0.29) is 5.91 Å². The van der Waals surface area contributed by atoms with Gasteiger partial charge in [-0.1, -0.05) is 33.1 Å². The Balaban J connectivity index is 2.46. The van der Waals surface area contributed by atoms with Gasteiger partial charge in [-0.3, -0.25) is 4.79 Å². The van der Waals surface area contributed by atoms with Crippen molar-refractivity contribution in [2.24, 2.45) is 0 Å². The van der Waals surface area contributed by atoms with Gasteiger partial charge in [-0.15, -0.1) is 0 Å². The van der Waals surface area contributed by atoms with E-state index >= 15 is 0 Å². The molecule has 0 saturated heterocycles. The van der Waals surface area contributed by atoms with Gasteiger partial charge in [0.25, 0.3) is 5.91 Å². The van der Waals surface area contributed by atoms with Crippen molar-refractivity contribution in [3.05, 3.63) is 18.1 Å². The quantitative estimate of drug-likeness (QED) is 0.705. The minimum absolute atomic E-state index is 0.142. The number of hydrogen-bond acceptors (Lipinski definition) is 4. The molecular weight excluding hydrogens is 252 g/mol. The number of nitrogens with one attached hydrogen (secondary N) is 1. The number of aromatic nitrogens is 2. The predicted molar refractivity (Wildman–Crippen MR) is 82.1 cm³/mol. The zero-order chi connectivity index (χ0) is 14.8. The molecule has 5 heteroatoms. The summed E-state index contributed by atoms with van der Waals surface area (Å²) in [5, 5.41) is 2.86. The highest BCUT2D eigenvalue weighted by atomic mass is 16.1. The molecule has 112 valence electrons. The van der Waals surface area contributed by atoms with Gasteiger partial charge in [-0.05, 0) is 12.8 Å². The van der Waals surface area contributed by atoms with Gasteiger partial charge >= 0.3 is 0 Å². The second-order valence-electron chi connectivity index (χ2n) is 5.00. The van der Waals surface area contributed by atoms with Crippen LogP contribution in [0.1, 0.15) is 56.4 Å². The molecular formula is C15H26N4O. The average Bonchev–Trinajstić information content (AvgIpc) is 2.49. The number of anilines is 1. The van der Waals surface area contributed by atoms with Gasteiger partial charge < -0.3 is 10.2 Å². The SMILES string of the molecule is CCCCCNC(=O)c1cnc(N(C)CCCC)cn1. The Labute approximate surface area is 121 Å². The number of carbonyl (C=O) groups excluding carboxylic acids is 1. The van der Waals surface area contributed by atoms with Gasteiger partial charge in [0.2, 0.25) is 0 Å². The average molecular weight is 278 g/mol. The fourth-order valence-electron chi connectivity index (χ4n) is 1.81. The summed E-state index contributed by atoms with van der Waals surface area (Å²) in [6, 6.07) is 0. The van der Waals surface area contributed by atoms with E-state index in [2.05, 4.69) is 34.0 Å². The van der Waals surface area contributed by atoms with Crippen LogP contribution in [-0.2, 0) is 0 Å². The van der Waals surface area contributed by atoms with Crippen LogP contribution >= 0.6 is 0 Å². The molecule has 0 atom stereocenters. The molecule has 1 aromatic rings. The lowest BCUT2D eigenvalue weighted by Crippen LogP contribution is -2.26. The van der Waals surface area contributed by atoms with Crippen LogP contribution in [0.3, 0.4) is 0 Å². The Morgan fingerprint density at radius 1 is 1.15 bits per heavy atom. The van der Waals surface area contributed by atoms with Crippen molar-refractivity contribution in [3.63, 3.8) is 0 Å². The van der Waals surface area contributed by atoms with Crippen LogP contribution in [0.4, 0.5) is 5.82 Å². The third-order valence-corrected chi connectivity index (χ3v) is 3.17. The summed E-state index contributed by atoms with van der Waals surface area (Å²) in [4.78, 5) is 22.4. The van der Waals surface area contributed by atoms with Gasteiger partial charge in [0.1, 0.15) is 11.5 Å². The summed E-state index contributed by atoms with van der Waals surface area (Å²) >= 11 is 0. The zero-order valence-corrected chi connectivity index (χ0v) is 12.9. The minimum Gasteiger partial charge on any atom is -0.358 e. The molecule has 1 rings (SSSR count). The van der Waals surface area contributed by atoms with Crippen LogP contribution in [0.25, 0.3) is 0 Å². The van der Waals surface area contributed by atoms with E-state index in [1.165, 1.54) is 0 Å². The third-order valence-electron chi connectivity index (χ3n) is 3.17. The molecule has 0 aliphatic heterocycles. The Hall–Kier alpha value is -1.65. The first-order chi connectivity index (χ1) is 9.69. The predicted octanol–water partition coefficient (Wildman–Crippen LogP) is 2.63. The lowest BCUT2D eigenvalue weighted by atomic mass is 10.2. The number of amides is 1. The first kappa shape index (κ1) is 16.4. The molecule has 1 N–H and O–H groups in total. The number of rotatable bonds is 9. The van der Waals surface area contributed by atoms with Crippen LogP contribution in [0.5, 0.6) is 0 Å². The number of nitrogens with zero attached hydrogens (tertiary/aromatic N) is 3. The van der Waals surface area contributed by atoms with Crippen LogP contribution in [0, 0.1) is 0 Å². The third kappa shape index (κ3) is 5.55. The van der Waals surface area contributed by atoms with Crippen molar-refractivity contribution >= 4 is 11.7 Å². The van der Waals surface area contributed by atoms with Crippen molar-refractivity contribution in [3.8, 4) is 0 Å². The molecule has 0 fully saturated rings. The summed E-state index contributed by atoms with van der Waals surface area (Å²) in [5.74, 6) is 0.664. The Morgan fingerprint density at radius 3 is 2.50 bits per heavy atom. The first-order valence-corrected chi connectivity index (χ1v) is 7.50. The van der Waals surface area contributed by atoms with E-state index in [0.29, 0.717) is 12.2 Å². The summed E-state index contributed by atoms with van der Waals surface area (Å²) in [5.41, 5.74) is 0.383. The maximum Gasteiger partial charge on any atom is 0.271 e. The molecule has 1 aromatic heterocycles. The van der Waals surface area contributed by atoms with Gasteiger partial charge in [0.15, 0.2) is 0 Å². The minimum atomic E-state index is -0.142. The second kappa shape index (κ2) is 9.28. The van der Waals surface area contributed by atoms with E-state index in [4.69, 9.17) is 0 Å².